The number of nitrogens with zero attached hydrogens (tertiary/aromatic N) is 1. The molecule has 0 saturated carbocycles. The second-order valence-electron chi connectivity index (χ2n) is 6.36. The molecule has 0 bridgehead atoms. The highest BCUT2D eigenvalue weighted by Gasteiger charge is 2.24. The van der Waals surface area contributed by atoms with Crippen LogP contribution in [0.3, 0.4) is 0 Å². The lowest BCUT2D eigenvalue weighted by Gasteiger charge is -2.30. The van der Waals surface area contributed by atoms with Gasteiger partial charge in [0.05, 0.1) is 0 Å². The Kier molecular flexibility index (Phi) is 5.64. The van der Waals surface area contributed by atoms with Crippen LogP contribution in [-0.4, -0.2) is 49.1 Å². The monoisotopic (exact) mass is 267 g/mol. The minimum Gasteiger partial charge on any atom is -0.352 e. The van der Waals surface area contributed by atoms with Gasteiger partial charge in [-0.15, -0.1) is 0 Å². The number of amides is 1. The van der Waals surface area contributed by atoms with Crippen LogP contribution in [-0.2, 0) is 4.79 Å². The molecular formula is C15H29N3O. The molecule has 2 aliphatic rings. The van der Waals surface area contributed by atoms with Gasteiger partial charge in [0.15, 0.2) is 0 Å². The highest BCUT2D eigenvalue weighted by molar-refractivity contribution is 5.76. The highest BCUT2D eigenvalue weighted by Crippen LogP contribution is 2.17. The van der Waals surface area contributed by atoms with E-state index in [2.05, 4.69) is 29.4 Å². The summed E-state index contributed by atoms with van der Waals surface area (Å²) in [5.41, 5.74) is 0. The molecule has 0 aromatic carbocycles. The summed E-state index contributed by atoms with van der Waals surface area (Å²) in [6, 6.07) is 0.636. The first-order valence-corrected chi connectivity index (χ1v) is 7.90. The molecular weight excluding hydrogens is 238 g/mol. The maximum atomic E-state index is 12.1. The molecule has 3 atom stereocenters. The predicted molar refractivity (Wildman–Crippen MR) is 78.1 cm³/mol. The van der Waals surface area contributed by atoms with Crippen LogP contribution in [0.2, 0.25) is 0 Å². The van der Waals surface area contributed by atoms with Crippen molar-refractivity contribution < 1.29 is 4.79 Å². The number of carbonyl (C=O) groups is 1. The number of rotatable bonds is 5. The third-order valence-corrected chi connectivity index (χ3v) is 4.47. The molecule has 2 aliphatic heterocycles. The van der Waals surface area contributed by atoms with Crippen LogP contribution in [0.4, 0.5) is 0 Å². The molecule has 2 fully saturated rings. The zero-order chi connectivity index (χ0) is 13.7. The molecule has 4 heteroatoms. The molecule has 2 rings (SSSR count). The second kappa shape index (κ2) is 7.25. The van der Waals surface area contributed by atoms with Crippen LogP contribution in [0.5, 0.6) is 0 Å². The Labute approximate surface area is 117 Å². The van der Waals surface area contributed by atoms with Crippen LogP contribution in [0.1, 0.15) is 46.0 Å². The van der Waals surface area contributed by atoms with E-state index >= 15 is 0 Å². The Morgan fingerprint density at radius 2 is 2.11 bits per heavy atom. The van der Waals surface area contributed by atoms with Crippen LogP contribution in [0, 0.1) is 5.92 Å². The summed E-state index contributed by atoms with van der Waals surface area (Å²) in [5, 5.41) is 6.63. The first kappa shape index (κ1) is 14.8. The van der Waals surface area contributed by atoms with Gasteiger partial charge in [-0.3, -0.25) is 4.79 Å². The van der Waals surface area contributed by atoms with E-state index in [1.54, 1.807) is 0 Å². The first-order chi connectivity index (χ1) is 9.15. The van der Waals surface area contributed by atoms with Crippen molar-refractivity contribution in [2.45, 2.75) is 58.0 Å². The van der Waals surface area contributed by atoms with E-state index in [1.807, 2.05) is 0 Å². The first-order valence-electron chi connectivity index (χ1n) is 7.90. The summed E-state index contributed by atoms with van der Waals surface area (Å²) >= 11 is 0. The number of hydrogen-bond donors (Lipinski definition) is 2. The van der Waals surface area contributed by atoms with E-state index in [1.165, 1.54) is 38.8 Å². The zero-order valence-corrected chi connectivity index (χ0v) is 12.5. The lowest BCUT2D eigenvalue weighted by molar-refractivity contribution is -0.122. The van der Waals surface area contributed by atoms with Crippen LogP contribution >= 0.6 is 0 Å². The van der Waals surface area contributed by atoms with Crippen molar-refractivity contribution in [3.8, 4) is 0 Å². The Morgan fingerprint density at radius 3 is 2.79 bits per heavy atom. The average Bonchev–Trinajstić information content (AvgIpc) is 2.84. The number of nitrogens with one attached hydrogen (secondary N) is 2. The van der Waals surface area contributed by atoms with Gasteiger partial charge in [0, 0.05) is 25.0 Å². The maximum absolute atomic E-state index is 12.1. The number of likely N-dealkylation sites (tertiary alicyclic amines) is 1. The van der Waals surface area contributed by atoms with Gasteiger partial charge in [0.25, 0.3) is 0 Å². The largest absolute Gasteiger partial charge is 0.352 e. The Hall–Kier alpha value is -0.610. The van der Waals surface area contributed by atoms with Crippen molar-refractivity contribution in [2.24, 2.45) is 5.92 Å². The van der Waals surface area contributed by atoms with E-state index in [9.17, 15) is 4.79 Å². The van der Waals surface area contributed by atoms with Gasteiger partial charge < -0.3 is 15.5 Å². The van der Waals surface area contributed by atoms with Crippen molar-refractivity contribution in [1.82, 2.24) is 15.5 Å². The summed E-state index contributed by atoms with van der Waals surface area (Å²) in [4.78, 5) is 14.5. The summed E-state index contributed by atoms with van der Waals surface area (Å²) in [5.74, 6) is 0.825. The highest BCUT2D eigenvalue weighted by atomic mass is 16.1. The van der Waals surface area contributed by atoms with E-state index < -0.39 is 0 Å². The molecule has 4 nitrogen and oxygen atoms in total. The Bertz CT molecular complexity index is 289. The normalized spacial score (nSPS) is 30.2. The third-order valence-electron chi connectivity index (χ3n) is 4.47. The lowest BCUT2D eigenvalue weighted by Crippen LogP contribution is -2.46. The predicted octanol–water partition coefficient (Wildman–Crippen LogP) is 1.37. The third kappa shape index (κ3) is 4.77. The van der Waals surface area contributed by atoms with Crippen LogP contribution in [0.15, 0.2) is 0 Å². The zero-order valence-electron chi connectivity index (χ0n) is 12.5. The SMILES string of the molecule is CC(CN1CCCC1)NC(=O)CC1NCCCC1C. The quantitative estimate of drug-likeness (QED) is 0.790. The van der Waals surface area contributed by atoms with E-state index in [0.717, 1.165) is 13.1 Å². The van der Waals surface area contributed by atoms with Gasteiger partial charge in [0.2, 0.25) is 5.91 Å². The summed E-state index contributed by atoms with van der Waals surface area (Å²) in [7, 11) is 0. The molecule has 2 saturated heterocycles. The maximum Gasteiger partial charge on any atom is 0.221 e. The minimum absolute atomic E-state index is 0.206. The van der Waals surface area contributed by atoms with Crippen LogP contribution in [0.25, 0.3) is 0 Å². The fourth-order valence-electron chi connectivity index (χ4n) is 3.32. The number of piperidine rings is 1. The fraction of sp³-hybridized carbons (Fsp3) is 0.933. The fourth-order valence-corrected chi connectivity index (χ4v) is 3.32. The summed E-state index contributed by atoms with van der Waals surface area (Å²) in [6.07, 6.45) is 5.73. The van der Waals surface area contributed by atoms with Crippen LogP contribution < -0.4 is 10.6 Å². The summed E-state index contributed by atoms with van der Waals surface area (Å²) < 4.78 is 0. The van der Waals surface area contributed by atoms with Crippen molar-refractivity contribution in [3.63, 3.8) is 0 Å². The van der Waals surface area contributed by atoms with E-state index in [-0.39, 0.29) is 11.9 Å². The number of carbonyl (C=O) groups excluding carboxylic acids is 1. The molecule has 2 N–H and O–H groups in total. The topological polar surface area (TPSA) is 44.4 Å². The minimum atomic E-state index is 0.206. The molecule has 0 radical (unpaired) electrons. The molecule has 0 aromatic heterocycles. The van der Waals surface area contributed by atoms with E-state index in [4.69, 9.17) is 0 Å². The lowest BCUT2D eigenvalue weighted by atomic mass is 9.90. The molecule has 0 aromatic rings. The average molecular weight is 267 g/mol. The van der Waals surface area contributed by atoms with Gasteiger partial charge in [-0.1, -0.05) is 6.92 Å². The van der Waals surface area contributed by atoms with Gasteiger partial charge in [-0.05, 0) is 58.2 Å². The smallest absolute Gasteiger partial charge is 0.221 e. The van der Waals surface area contributed by atoms with Crippen molar-refractivity contribution >= 4 is 5.91 Å². The summed E-state index contributed by atoms with van der Waals surface area (Å²) in [6.45, 7) is 8.82. The Morgan fingerprint density at radius 1 is 1.37 bits per heavy atom. The molecule has 110 valence electrons. The number of hydrogen-bond acceptors (Lipinski definition) is 3. The molecule has 0 aliphatic carbocycles. The van der Waals surface area contributed by atoms with Gasteiger partial charge >= 0.3 is 0 Å². The van der Waals surface area contributed by atoms with Crippen molar-refractivity contribution in [1.29, 1.82) is 0 Å². The molecule has 1 amide bonds. The van der Waals surface area contributed by atoms with Gasteiger partial charge in [0.1, 0.15) is 0 Å². The van der Waals surface area contributed by atoms with Gasteiger partial charge in [-0.25, -0.2) is 0 Å². The molecule has 0 spiro atoms. The molecule has 19 heavy (non-hydrogen) atoms. The Balaban J connectivity index is 1.67. The molecule has 3 unspecified atom stereocenters. The van der Waals surface area contributed by atoms with E-state index in [0.29, 0.717) is 18.4 Å². The molecule has 2 heterocycles. The standard InChI is InChI=1S/C15H29N3O/c1-12-6-5-7-16-14(12)10-15(19)17-13(2)11-18-8-3-4-9-18/h12-14,16H,3-11H2,1-2H3,(H,17,19). The van der Waals surface area contributed by atoms with Gasteiger partial charge in [-0.2, -0.15) is 0 Å². The second-order valence-corrected chi connectivity index (χ2v) is 6.36. The van der Waals surface area contributed by atoms with Crippen molar-refractivity contribution in [2.75, 3.05) is 26.2 Å². The van der Waals surface area contributed by atoms with Crippen molar-refractivity contribution in [3.05, 3.63) is 0 Å².